The van der Waals surface area contributed by atoms with Crippen molar-refractivity contribution in [3.8, 4) is 0 Å². The molecule has 4 aliphatic rings. The molecule has 34 heavy (non-hydrogen) atoms. The minimum Gasteiger partial charge on any atom is -0.359 e. The van der Waals surface area contributed by atoms with E-state index in [1.54, 1.807) is 29.2 Å². The van der Waals surface area contributed by atoms with Crippen LogP contribution in [0.2, 0.25) is 5.02 Å². The SMILES string of the molecule is CC(C)(C)N1C(=O)[C@H]2C(C(=O)Nc3cccc(Cl)c3)[C@H]3C=CC2(O3)C1C(=O)NC1CCCCC1. The number of ether oxygens (including phenoxy) is 1. The maximum atomic E-state index is 13.9. The maximum Gasteiger partial charge on any atom is 0.246 e. The highest BCUT2D eigenvalue weighted by molar-refractivity contribution is 6.30. The number of nitrogens with one attached hydrogen (secondary N) is 2. The number of likely N-dealkylation sites (tertiary alicyclic amines) is 1. The third-order valence-electron chi connectivity index (χ3n) is 7.59. The predicted molar refractivity (Wildman–Crippen MR) is 129 cm³/mol. The molecule has 3 aliphatic heterocycles. The molecule has 2 saturated heterocycles. The summed E-state index contributed by atoms with van der Waals surface area (Å²) in [6.45, 7) is 5.75. The average Bonchev–Trinajstić information content (AvgIpc) is 3.41. The molecule has 2 bridgehead atoms. The van der Waals surface area contributed by atoms with Crippen molar-refractivity contribution in [1.29, 1.82) is 0 Å². The van der Waals surface area contributed by atoms with Crippen LogP contribution in [0.5, 0.6) is 0 Å². The van der Waals surface area contributed by atoms with Gasteiger partial charge in [0.25, 0.3) is 0 Å². The number of anilines is 1. The number of nitrogens with zero attached hydrogens (tertiary/aromatic N) is 1. The highest BCUT2D eigenvalue weighted by Gasteiger charge is 2.73. The second-order valence-electron chi connectivity index (χ2n) is 10.9. The van der Waals surface area contributed by atoms with Gasteiger partial charge in [0.15, 0.2) is 0 Å². The lowest BCUT2D eigenvalue weighted by atomic mass is 9.74. The molecule has 1 saturated carbocycles. The van der Waals surface area contributed by atoms with Crippen LogP contribution in [0.4, 0.5) is 5.69 Å². The van der Waals surface area contributed by atoms with Gasteiger partial charge in [0.05, 0.1) is 17.9 Å². The van der Waals surface area contributed by atoms with Gasteiger partial charge in [-0.1, -0.05) is 49.1 Å². The lowest BCUT2D eigenvalue weighted by Gasteiger charge is -2.40. The summed E-state index contributed by atoms with van der Waals surface area (Å²) in [4.78, 5) is 42.6. The number of halogens is 1. The molecule has 8 heteroatoms. The maximum absolute atomic E-state index is 13.9. The Morgan fingerprint density at radius 3 is 2.56 bits per heavy atom. The third kappa shape index (κ3) is 3.73. The summed E-state index contributed by atoms with van der Waals surface area (Å²) in [6.07, 6.45) is 8.39. The molecule has 1 aromatic rings. The van der Waals surface area contributed by atoms with E-state index in [2.05, 4.69) is 10.6 Å². The van der Waals surface area contributed by atoms with Crippen LogP contribution >= 0.6 is 11.6 Å². The molecule has 1 aliphatic carbocycles. The molecule has 7 nitrogen and oxygen atoms in total. The molecule has 0 radical (unpaired) electrons. The van der Waals surface area contributed by atoms with Gasteiger partial charge in [0.1, 0.15) is 11.6 Å². The van der Waals surface area contributed by atoms with E-state index in [4.69, 9.17) is 16.3 Å². The minimum absolute atomic E-state index is 0.109. The summed E-state index contributed by atoms with van der Waals surface area (Å²) >= 11 is 6.07. The zero-order valence-corrected chi connectivity index (χ0v) is 20.6. The number of benzene rings is 1. The number of hydrogen-bond donors (Lipinski definition) is 2. The molecule has 2 N–H and O–H groups in total. The van der Waals surface area contributed by atoms with E-state index in [9.17, 15) is 14.4 Å². The summed E-state index contributed by atoms with van der Waals surface area (Å²) in [7, 11) is 0. The van der Waals surface area contributed by atoms with Gasteiger partial charge in [-0.3, -0.25) is 14.4 Å². The number of hydrogen-bond acceptors (Lipinski definition) is 4. The Balaban J connectivity index is 1.46. The number of amides is 3. The number of carbonyl (C=O) groups is 3. The standard InChI is InChI=1S/C26H32ClN3O4/c1-25(2,3)30-21(23(32)28-16-9-5-4-6-10-16)26-13-12-18(34-26)19(20(26)24(30)33)22(31)29-17-11-7-8-15(27)14-17/h7-8,11-14,16,18-21H,4-6,9-10H2,1-3H3,(H,28,32)(H,29,31)/t18-,19?,20-,21?,26?/m1/s1. The first-order valence-electron chi connectivity index (χ1n) is 12.2. The molecule has 5 rings (SSSR count). The summed E-state index contributed by atoms with van der Waals surface area (Å²) in [5.41, 5.74) is -1.21. The Labute approximate surface area is 205 Å². The molecule has 3 amide bonds. The van der Waals surface area contributed by atoms with Gasteiger partial charge in [-0.25, -0.2) is 0 Å². The van der Waals surface area contributed by atoms with Gasteiger partial charge >= 0.3 is 0 Å². The van der Waals surface area contributed by atoms with Crippen molar-refractivity contribution in [3.05, 3.63) is 41.4 Å². The van der Waals surface area contributed by atoms with Crippen molar-refractivity contribution in [1.82, 2.24) is 10.2 Å². The minimum atomic E-state index is -1.15. The van der Waals surface area contributed by atoms with Gasteiger partial charge in [-0.15, -0.1) is 0 Å². The van der Waals surface area contributed by atoms with E-state index in [1.165, 1.54) is 6.42 Å². The van der Waals surface area contributed by atoms with Gasteiger partial charge < -0.3 is 20.3 Å². The largest absolute Gasteiger partial charge is 0.359 e. The van der Waals surface area contributed by atoms with Gasteiger partial charge in [0, 0.05) is 22.3 Å². The van der Waals surface area contributed by atoms with Crippen LogP contribution in [0.25, 0.3) is 0 Å². The topological polar surface area (TPSA) is 87.7 Å². The Morgan fingerprint density at radius 2 is 1.88 bits per heavy atom. The van der Waals surface area contributed by atoms with E-state index in [1.807, 2.05) is 32.9 Å². The Morgan fingerprint density at radius 1 is 1.15 bits per heavy atom. The van der Waals surface area contributed by atoms with Crippen molar-refractivity contribution in [2.75, 3.05) is 5.32 Å². The molecule has 1 aromatic carbocycles. The van der Waals surface area contributed by atoms with E-state index >= 15 is 0 Å². The normalized spacial score (nSPS) is 32.7. The van der Waals surface area contributed by atoms with E-state index < -0.39 is 35.1 Å². The first-order chi connectivity index (χ1) is 16.1. The highest BCUT2D eigenvalue weighted by atomic mass is 35.5. The average molecular weight is 486 g/mol. The summed E-state index contributed by atoms with van der Waals surface area (Å²) in [5, 5.41) is 6.60. The van der Waals surface area contributed by atoms with E-state index in [0.29, 0.717) is 10.7 Å². The zero-order chi connectivity index (χ0) is 24.3. The second-order valence-corrected chi connectivity index (χ2v) is 11.4. The molecule has 1 spiro atoms. The van der Waals surface area contributed by atoms with Crippen molar-refractivity contribution in [2.24, 2.45) is 11.8 Å². The predicted octanol–water partition coefficient (Wildman–Crippen LogP) is 3.68. The van der Waals surface area contributed by atoms with E-state index in [-0.39, 0.29) is 23.8 Å². The van der Waals surface area contributed by atoms with Crippen molar-refractivity contribution in [2.45, 2.75) is 82.2 Å². The first-order valence-corrected chi connectivity index (χ1v) is 12.6. The molecule has 3 unspecified atom stereocenters. The van der Waals surface area contributed by atoms with Gasteiger partial charge in [-0.05, 0) is 51.8 Å². The summed E-state index contributed by atoms with van der Waals surface area (Å²) in [6, 6.07) is 6.19. The Hall–Kier alpha value is -2.38. The summed E-state index contributed by atoms with van der Waals surface area (Å²) < 4.78 is 6.38. The third-order valence-corrected chi connectivity index (χ3v) is 7.83. The number of carbonyl (C=O) groups excluding carboxylic acids is 3. The zero-order valence-electron chi connectivity index (χ0n) is 19.8. The fourth-order valence-corrected chi connectivity index (χ4v) is 6.40. The molecule has 0 aromatic heterocycles. The first kappa shape index (κ1) is 23.4. The Kier molecular flexibility index (Phi) is 5.76. The fraction of sp³-hybridized carbons (Fsp3) is 0.577. The van der Waals surface area contributed by atoms with Gasteiger partial charge in [-0.2, -0.15) is 0 Å². The summed E-state index contributed by atoms with van der Waals surface area (Å²) in [5.74, 6) is -2.20. The molecule has 182 valence electrons. The van der Waals surface area contributed by atoms with Gasteiger partial charge in [0.2, 0.25) is 17.7 Å². The number of fused-ring (bicyclic) bond motifs is 1. The van der Waals surface area contributed by atoms with Crippen LogP contribution in [0.15, 0.2) is 36.4 Å². The second kappa shape index (κ2) is 8.38. The van der Waals surface area contributed by atoms with Crippen LogP contribution in [-0.2, 0) is 19.1 Å². The van der Waals surface area contributed by atoms with E-state index in [0.717, 1.165) is 25.7 Å². The van der Waals surface area contributed by atoms with Crippen LogP contribution in [0, 0.1) is 11.8 Å². The van der Waals surface area contributed by atoms with Crippen molar-refractivity contribution < 1.29 is 19.1 Å². The molecule has 3 fully saturated rings. The van der Waals surface area contributed by atoms with Crippen molar-refractivity contribution >= 4 is 35.0 Å². The van der Waals surface area contributed by atoms with Crippen LogP contribution in [0.3, 0.4) is 0 Å². The van der Waals surface area contributed by atoms with Crippen LogP contribution in [0.1, 0.15) is 52.9 Å². The lowest BCUT2D eigenvalue weighted by molar-refractivity contribution is -0.146. The van der Waals surface area contributed by atoms with Crippen LogP contribution in [-0.4, -0.2) is 51.9 Å². The monoisotopic (exact) mass is 485 g/mol. The lowest BCUT2D eigenvalue weighted by Crippen LogP contribution is -2.60. The highest BCUT2D eigenvalue weighted by Crippen LogP contribution is 2.56. The number of rotatable bonds is 4. The Bertz CT molecular complexity index is 1040. The molecular formula is C26H32ClN3O4. The molecule has 5 atom stereocenters. The smallest absolute Gasteiger partial charge is 0.246 e. The quantitative estimate of drug-likeness (QED) is 0.637. The van der Waals surface area contributed by atoms with Crippen LogP contribution < -0.4 is 10.6 Å². The molecular weight excluding hydrogens is 454 g/mol. The van der Waals surface area contributed by atoms with Crippen molar-refractivity contribution in [3.63, 3.8) is 0 Å². The molecule has 3 heterocycles. The fourth-order valence-electron chi connectivity index (χ4n) is 6.21.